The molecule has 0 atom stereocenters. The number of guanidine groups is 1. The summed E-state index contributed by atoms with van der Waals surface area (Å²) in [5.74, 6) is -0.119. The first-order valence-corrected chi connectivity index (χ1v) is 6.73. The molecule has 0 spiro atoms. The van der Waals surface area contributed by atoms with Crippen molar-refractivity contribution in [3.05, 3.63) is 42.2 Å². The quantitative estimate of drug-likeness (QED) is 0.652. The summed E-state index contributed by atoms with van der Waals surface area (Å²) in [6, 6.07) is 7.12. The molecule has 1 heterocycles. The minimum Gasteiger partial charge on any atom is -0.406 e. The Morgan fingerprint density at radius 2 is 2.00 bits per heavy atom. The molecule has 9 heteroatoms. The normalized spacial score (nSPS) is 12.3. The van der Waals surface area contributed by atoms with E-state index in [1.165, 1.54) is 24.3 Å². The van der Waals surface area contributed by atoms with Crippen molar-refractivity contribution >= 4 is 11.6 Å². The van der Waals surface area contributed by atoms with Gasteiger partial charge in [-0.05, 0) is 30.3 Å². The first-order chi connectivity index (χ1) is 10.8. The molecule has 1 aromatic carbocycles. The number of halogens is 3. The fraction of sp³-hybridized carbons (Fsp3) is 0.286. The average molecular weight is 327 g/mol. The molecule has 23 heavy (non-hydrogen) atoms. The van der Waals surface area contributed by atoms with Gasteiger partial charge >= 0.3 is 6.36 Å². The number of ether oxygens (including phenoxy) is 1. The number of hydrogen-bond acceptors (Lipinski definition) is 3. The topological polar surface area (TPSA) is 77.5 Å². The maximum absolute atomic E-state index is 12.1. The maximum Gasteiger partial charge on any atom is 0.573 e. The molecule has 2 rings (SSSR count). The van der Waals surface area contributed by atoms with Crippen molar-refractivity contribution in [3.63, 3.8) is 0 Å². The van der Waals surface area contributed by atoms with E-state index in [9.17, 15) is 13.2 Å². The van der Waals surface area contributed by atoms with Crippen LogP contribution in [0.4, 0.5) is 18.9 Å². The number of nitrogens with zero attached hydrogens (tertiary/aromatic N) is 3. The van der Waals surface area contributed by atoms with E-state index in [2.05, 4.69) is 20.1 Å². The number of benzene rings is 1. The van der Waals surface area contributed by atoms with Crippen LogP contribution < -0.4 is 15.8 Å². The maximum atomic E-state index is 12.1. The smallest absolute Gasteiger partial charge is 0.406 e. The van der Waals surface area contributed by atoms with E-state index < -0.39 is 6.36 Å². The molecule has 1 aromatic heterocycles. The Labute approximate surface area is 130 Å². The van der Waals surface area contributed by atoms with Gasteiger partial charge in [0.05, 0.1) is 0 Å². The first kappa shape index (κ1) is 16.7. The van der Waals surface area contributed by atoms with Gasteiger partial charge in [0.25, 0.3) is 0 Å². The fourth-order valence-corrected chi connectivity index (χ4v) is 1.86. The third kappa shape index (κ3) is 5.53. The van der Waals surface area contributed by atoms with Crippen LogP contribution in [0.25, 0.3) is 0 Å². The predicted molar refractivity (Wildman–Crippen MR) is 80.1 cm³/mol. The van der Waals surface area contributed by atoms with Gasteiger partial charge in [-0.3, -0.25) is 9.67 Å². The summed E-state index contributed by atoms with van der Waals surface area (Å²) in [5.41, 5.74) is 7.27. The Kier molecular flexibility index (Phi) is 5.09. The second kappa shape index (κ2) is 7.03. The fourth-order valence-electron chi connectivity index (χ4n) is 1.86. The van der Waals surface area contributed by atoms with Gasteiger partial charge in [-0.15, -0.1) is 13.2 Å². The van der Waals surface area contributed by atoms with Crippen molar-refractivity contribution in [2.45, 2.75) is 12.8 Å². The number of aliphatic imine (C=N–C) groups is 1. The molecule has 0 amide bonds. The molecule has 0 aliphatic carbocycles. The highest BCUT2D eigenvalue weighted by atomic mass is 19.4. The van der Waals surface area contributed by atoms with Crippen molar-refractivity contribution in [1.82, 2.24) is 9.78 Å². The van der Waals surface area contributed by atoms with E-state index in [1.54, 1.807) is 10.9 Å². The summed E-state index contributed by atoms with van der Waals surface area (Å²) < 4.78 is 41.7. The lowest BCUT2D eigenvalue weighted by atomic mass is 10.3. The van der Waals surface area contributed by atoms with E-state index in [1.807, 2.05) is 13.1 Å². The molecule has 2 aromatic rings. The summed E-state index contributed by atoms with van der Waals surface area (Å²) in [4.78, 5) is 4.15. The van der Waals surface area contributed by atoms with Crippen LogP contribution in [-0.2, 0) is 13.5 Å². The molecule has 0 saturated heterocycles. The largest absolute Gasteiger partial charge is 0.573 e. The van der Waals surface area contributed by atoms with Gasteiger partial charge in [-0.2, -0.15) is 5.10 Å². The third-order valence-electron chi connectivity index (χ3n) is 2.93. The first-order valence-electron chi connectivity index (χ1n) is 6.73. The van der Waals surface area contributed by atoms with Crippen LogP contribution in [-0.4, -0.2) is 28.6 Å². The highest BCUT2D eigenvalue weighted by Crippen LogP contribution is 2.23. The van der Waals surface area contributed by atoms with Crippen LogP contribution in [0.1, 0.15) is 5.69 Å². The van der Waals surface area contributed by atoms with Crippen LogP contribution in [0.5, 0.6) is 5.75 Å². The SMILES string of the molecule is Cn1nccc1CCN=C(N)Nc1ccc(OC(F)(F)F)cc1. The van der Waals surface area contributed by atoms with Crippen molar-refractivity contribution < 1.29 is 17.9 Å². The standard InChI is InChI=1S/C14H16F3N5O/c1-22-11(7-9-20-22)6-8-19-13(18)21-10-2-4-12(5-3-10)23-14(15,16)17/h2-5,7,9H,6,8H2,1H3,(H3,18,19,21). The van der Waals surface area contributed by atoms with Crippen molar-refractivity contribution in [3.8, 4) is 5.75 Å². The summed E-state index contributed by atoms with van der Waals surface area (Å²) in [6.07, 6.45) is -2.33. The molecule has 0 fully saturated rings. The van der Waals surface area contributed by atoms with E-state index in [0.29, 0.717) is 18.7 Å². The molecule has 124 valence electrons. The summed E-state index contributed by atoms with van der Waals surface area (Å²) in [5, 5.41) is 6.84. The summed E-state index contributed by atoms with van der Waals surface area (Å²) >= 11 is 0. The molecule has 0 bridgehead atoms. The highest BCUT2D eigenvalue weighted by Gasteiger charge is 2.30. The van der Waals surface area contributed by atoms with Gasteiger partial charge in [0, 0.05) is 37.6 Å². The molecule has 6 nitrogen and oxygen atoms in total. The Balaban J connectivity index is 1.86. The lowest BCUT2D eigenvalue weighted by molar-refractivity contribution is -0.274. The predicted octanol–water partition coefficient (Wildman–Crippen LogP) is 2.29. The second-order valence-electron chi connectivity index (χ2n) is 4.66. The van der Waals surface area contributed by atoms with Crippen LogP contribution in [0.15, 0.2) is 41.5 Å². The Hall–Kier alpha value is -2.71. The Bertz CT molecular complexity index is 664. The zero-order valence-electron chi connectivity index (χ0n) is 12.3. The minimum atomic E-state index is -4.71. The number of nitrogens with two attached hydrogens (primary N) is 1. The zero-order chi connectivity index (χ0) is 16.9. The van der Waals surface area contributed by atoms with Crippen molar-refractivity contribution in [2.75, 3.05) is 11.9 Å². The van der Waals surface area contributed by atoms with Gasteiger partial charge in [-0.1, -0.05) is 0 Å². The van der Waals surface area contributed by atoms with E-state index >= 15 is 0 Å². The van der Waals surface area contributed by atoms with Crippen LogP contribution in [0.2, 0.25) is 0 Å². The highest BCUT2D eigenvalue weighted by molar-refractivity contribution is 5.92. The van der Waals surface area contributed by atoms with Gasteiger partial charge in [-0.25, -0.2) is 0 Å². The number of aromatic nitrogens is 2. The average Bonchev–Trinajstić information content (AvgIpc) is 2.85. The molecular formula is C14H16F3N5O. The molecule has 0 aliphatic heterocycles. The van der Waals surface area contributed by atoms with Crippen LogP contribution in [0, 0.1) is 0 Å². The number of rotatable bonds is 5. The Morgan fingerprint density at radius 1 is 1.30 bits per heavy atom. The second-order valence-corrected chi connectivity index (χ2v) is 4.66. The van der Waals surface area contributed by atoms with E-state index in [4.69, 9.17) is 5.73 Å². The monoisotopic (exact) mass is 327 g/mol. The van der Waals surface area contributed by atoms with E-state index in [-0.39, 0.29) is 11.7 Å². The number of anilines is 1. The van der Waals surface area contributed by atoms with Gasteiger partial charge in [0.1, 0.15) is 5.75 Å². The lowest BCUT2D eigenvalue weighted by Gasteiger charge is -2.10. The van der Waals surface area contributed by atoms with Crippen LogP contribution >= 0.6 is 0 Å². The third-order valence-corrected chi connectivity index (χ3v) is 2.93. The minimum absolute atomic E-state index is 0.177. The summed E-state index contributed by atoms with van der Waals surface area (Å²) in [7, 11) is 1.84. The van der Waals surface area contributed by atoms with Gasteiger partial charge < -0.3 is 15.8 Å². The van der Waals surface area contributed by atoms with Gasteiger partial charge in [0.2, 0.25) is 0 Å². The molecule has 3 N–H and O–H groups in total. The molecule has 0 radical (unpaired) electrons. The number of nitrogens with one attached hydrogen (secondary N) is 1. The van der Waals surface area contributed by atoms with E-state index in [0.717, 1.165) is 5.69 Å². The summed E-state index contributed by atoms with van der Waals surface area (Å²) in [6.45, 7) is 0.466. The number of alkyl halides is 3. The number of hydrogen-bond donors (Lipinski definition) is 2. The number of aryl methyl sites for hydroxylation is 1. The molecule has 0 aliphatic rings. The zero-order valence-corrected chi connectivity index (χ0v) is 12.3. The molecule has 0 unspecified atom stereocenters. The Morgan fingerprint density at radius 3 is 2.57 bits per heavy atom. The van der Waals surface area contributed by atoms with Crippen molar-refractivity contribution in [1.29, 1.82) is 0 Å². The van der Waals surface area contributed by atoms with Crippen LogP contribution in [0.3, 0.4) is 0 Å². The van der Waals surface area contributed by atoms with Gasteiger partial charge in [0.15, 0.2) is 5.96 Å². The lowest BCUT2D eigenvalue weighted by Crippen LogP contribution is -2.23. The van der Waals surface area contributed by atoms with Crippen molar-refractivity contribution in [2.24, 2.45) is 17.8 Å². The molecular weight excluding hydrogens is 311 g/mol. The molecule has 0 saturated carbocycles.